The van der Waals surface area contributed by atoms with Gasteiger partial charge in [-0.25, -0.2) is 0 Å². The maximum absolute atomic E-state index is 3.63. The van der Waals surface area contributed by atoms with Crippen molar-refractivity contribution in [2.45, 2.75) is 6.54 Å². The predicted molar refractivity (Wildman–Crippen MR) is 44.1 cm³/mol. The highest BCUT2D eigenvalue weighted by Crippen LogP contribution is 1.85. The van der Waals surface area contributed by atoms with E-state index >= 15 is 0 Å². The van der Waals surface area contributed by atoms with Crippen molar-refractivity contribution in [1.82, 2.24) is 14.8 Å². The van der Waals surface area contributed by atoms with Gasteiger partial charge in [-0.05, 0) is 0 Å². The molecule has 0 bridgehead atoms. The molecule has 0 aliphatic rings. The largest absolute Gasteiger partial charge is 0.319 e. The molecule has 1 heterocycles. The Morgan fingerprint density at radius 2 is 1.89 bits per heavy atom. The molecular formula is C4H7Br2N3. The minimum Gasteiger partial charge on any atom is -0.319 e. The van der Waals surface area contributed by atoms with Gasteiger partial charge < -0.3 is 4.57 Å². The highest BCUT2D eigenvalue weighted by atomic mass is 79.9. The normalized spacial score (nSPS) is 8.56. The van der Waals surface area contributed by atoms with E-state index in [1.54, 1.807) is 12.7 Å². The van der Waals surface area contributed by atoms with Crippen LogP contribution in [0.15, 0.2) is 12.7 Å². The average Bonchev–Trinajstić information content (AvgIpc) is 2.19. The lowest BCUT2D eigenvalue weighted by Crippen LogP contribution is -1.93. The molecule has 0 aromatic carbocycles. The monoisotopic (exact) mass is 255 g/mol. The smallest absolute Gasteiger partial charge is 0.119 e. The zero-order valence-corrected chi connectivity index (χ0v) is 8.00. The van der Waals surface area contributed by atoms with Gasteiger partial charge in [0.15, 0.2) is 0 Å². The fraction of sp³-hybridized carbons (Fsp3) is 0.500. The minimum absolute atomic E-state index is 0. The summed E-state index contributed by atoms with van der Waals surface area (Å²) in [5.74, 6) is 0. The Morgan fingerprint density at radius 3 is 2.33 bits per heavy atom. The lowest BCUT2D eigenvalue weighted by atomic mass is 10.7. The summed E-state index contributed by atoms with van der Waals surface area (Å²) in [6.07, 6.45) is 3.39. The Balaban J connectivity index is 0.000000640. The predicted octanol–water partition coefficient (Wildman–Crippen LogP) is 1.25. The number of hydrogen-bond acceptors (Lipinski definition) is 2. The second-order valence-electron chi connectivity index (χ2n) is 1.39. The maximum Gasteiger partial charge on any atom is 0.119 e. The summed E-state index contributed by atoms with van der Waals surface area (Å²) in [5, 5.41) is 8.22. The number of rotatable bonds is 2. The molecule has 0 aliphatic heterocycles. The molecule has 0 radical (unpaired) electrons. The molecule has 0 aliphatic carbocycles. The van der Waals surface area contributed by atoms with Crippen LogP contribution in [0.25, 0.3) is 0 Å². The Bertz CT molecular complexity index is 140. The molecule has 0 N–H and O–H groups in total. The van der Waals surface area contributed by atoms with Gasteiger partial charge in [-0.1, -0.05) is 15.9 Å². The van der Waals surface area contributed by atoms with E-state index in [0.29, 0.717) is 0 Å². The first kappa shape index (κ1) is 9.10. The highest BCUT2D eigenvalue weighted by molar-refractivity contribution is 9.09. The first-order valence-corrected chi connectivity index (χ1v) is 3.44. The third kappa shape index (κ3) is 2.95. The van der Waals surface area contributed by atoms with E-state index in [9.17, 15) is 0 Å². The van der Waals surface area contributed by atoms with Crippen LogP contribution in [0.5, 0.6) is 0 Å². The van der Waals surface area contributed by atoms with E-state index < -0.39 is 0 Å². The third-order valence-electron chi connectivity index (χ3n) is 0.809. The van der Waals surface area contributed by atoms with Gasteiger partial charge in [0.2, 0.25) is 0 Å². The van der Waals surface area contributed by atoms with Gasteiger partial charge in [0.05, 0.1) is 0 Å². The number of aromatic nitrogens is 3. The number of alkyl halides is 1. The van der Waals surface area contributed by atoms with Crippen LogP contribution in [0.4, 0.5) is 0 Å². The van der Waals surface area contributed by atoms with Gasteiger partial charge >= 0.3 is 0 Å². The molecule has 9 heavy (non-hydrogen) atoms. The van der Waals surface area contributed by atoms with Gasteiger partial charge in [0.1, 0.15) is 12.7 Å². The van der Waals surface area contributed by atoms with Crippen molar-refractivity contribution in [3.8, 4) is 0 Å². The van der Waals surface area contributed by atoms with E-state index in [-0.39, 0.29) is 17.0 Å². The Morgan fingerprint density at radius 1 is 1.33 bits per heavy atom. The molecule has 0 saturated carbocycles. The molecule has 52 valence electrons. The molecular weight excluding hydrogens is 250 g/mol. The number of hydrogen-bond donors (Lipinski definition) is 0. The second kappa shape index (κ2) is 4.93. The lowest BCUT2D eigenvalue weighted by molar-refractivity contribution is 0.771. The highest BCUT2D eigenvalue weighted by Gasteiger charge is 1.84. The molecule has 0 amide bonds. The summed E-state index contributed by atoms with van der Waals surface area (Å²) in [5.41, 5.74) is 0. The van der Waals surface area contributed by atoms with Crippen molar-refractivity contribution in [1.29, 1.82) is 0 Å². The molecule has 0 saturated heterocycles. The zero-order valence-electron chi connectivity index (χ0n) is 4.70. The first-order valence-electron chi connectivity index (χ1n) is 2.32. The average molecular weight is 257 g/mol. The summed E-state index contributed by atoms with van der Waals surface area (Å²) in [6.45, 7) is 0.938. The van der Waals surface area contributed by atoms with Gasteiger partial charge in [0.25, 0.3) is 0 Å². The summed E-state index contributed by atoms with van der Waals surface area (Å²) < 4.78 is 1.91. The summed E-state index contributed by atoms with van der Waals surface area (Å²) in [4.78, 5) is 0. The Hall–Kier alpha value is 0.100. The van der Waals surface area contributed by atoms with Gasteiger partial charge in [0, 0.05) is 11.9 Å². The van der Waals surface area contributed by atoms with Crippen LogP contribution in [0.2, 0.25) is 0 Å². The van der Waals surface area contributed by atoms with E-state index in [1.165, 1.54) is 0 Å². The SMILES string of the molecule is Br.BrCCn1cnnc1. The number of aryl methyl sites for hydroxylation is 1. The van der Waals surface area contributed by atoms with Gasteiger partial charge in [-0.15, -0.1) is 27.2 Å². The Labute approximate surface area is 72.4 Å². The third-order valence-corrected chi connectivity index (χ3v) is 1.16. The molecule has 0 spiro atoms. The number of nitrogens with zero attached hydrogens (tertiary/aromatic N) is 3. The van der Waals surface area contributed by atoms with Crippen LogP contribution in [-0.4, -0.2) is 20.1 Å². The van der Waals surface area contributed by atoms with Crippen molar-refractivity contribution >= 4 is 32.9 Å². The fourth-order valence-electron chi connectivity index (χ4n) is 0.435. The second-order valence-corrected chi connectivity index (χ2v) is 2.18. The van der Waals surface area contributed by atoms with E-state index in [1.807, 2.05) is 4.57 Å². The van der Waals surface area contributed by atoms with Crippen molar-refractivity contribution < 1.29 is 0 Å². The van der Waals surface area contributed by atoms with Gasteiger partial charge in [-0.3, -0.25) is 0 Å². The van der Waals surface area contributed by atoms with Gasteiger partial charge in [-0.2, -0.15) is 0 Å². The van der Waals surface area contributed by atoms with E-state index in [0.717, 1.165) is 11.9 Å². The van der Waals surface area contributed by atoms with Crippen molar-refractivity contribution in [2.24, 2.45) is 0 Å². The molecule has 0 unspecified atom stereocenters. The molecule has 0 fully saturated rings. The lowest BCUT2D eigenvalue weighted by Gasteiger charge is -1.90. The quantitative estimate of drug-likeness (QED) is 0.746. The van der Waals surface area contributed by atoms with Crippen LogP contribution in [0.3, 0.4) is 0 Å². The van der Waals surface area contributed by atoms with Crippen molar-refractivity contribution in [2.75, 3.05) is 5.33 Å². The number of halogens is 2. The van der Waals surface area contributed by atoms with Crippen LogP contribution >= 0.6 is 32.9 Å². The molecule has 1 rings (SSSR count). The van der Waals surface area contributed by atoms with Crippen LogP contribution < -0.4 is 0 Å². The molecule has 1 aromatic heterocycles. The first-order chi connectivity index (χ1) is 3.93. The standard InChI is InChI=1S/C4H6BrN3.BrH/c5-1-2-8-3-6-7-4-8;/h3-4H,1-2H2;1H. The Kier molecular flexibility index (Phi) is 4.99. The minimum atomic E-state index is 0. The molecule has 1 aromatic rings. The summed E-state index contributed by atoms with van der Waals surface area (Å²) >= 11 is 3.29. The van der Waals surface area contributed by atoms with E-state index in [4.69, 9.17) is 0 Å². The van der Waals surface area contributed by atoms with E-state index in [2.05, 4.69) is 26.1 Å². The fourth-order valence-corrected chi connectivity index (χ4v) is 0.845. The van der Waals surface area contributed by atoms with Crippen molar-refractivity contribution in [3.05, 3.63) is 12.7 Å². The summed E-state index contributed by atoms with van der Waals surface area (Å²) in [6, 6.07) is 0. The van der Waals surface area contributed by atoms with Crippen molar-refractivity contribution in [3.63, 3.8) is 0 Å². The topological polar surface area (TPSA) is 30.7 Å². The van der Waals surface area contributed by atoms with Crippen LogP contribution in [-0.2, 0) is 6.54 Å². The zero-order chi connectivity index (χ0) is 5.82. The molecule has 3 nitrogen and oxygen atoms in total. The van der Waals surface area contributed by atoms with Crippen LogP contribution in [0.1, 0.15) is 0 Å². The van der Waals surface area contributed by atoms with Crippen LogP contribution in [0, 0.1) is 0 Å². The molecule has 5 heteroatoms. The molecule has 0 atom stereocenters. The maximum atomic E-state index is 3.63. The summed E-state index contributed by atoms with van der Waals surface area (Å²) in [7, 11) is 0.